The standard InChI is InChI=1S/C25H50NO4/c1-6-9-10-11-12-13-14-15-16-17-19-29-22-24(27)21-26(7-2,8-3)18-20-30-25(28)23(4)5/h24,27H,4,6-22H2,1-3,5H3/q+1. The molecular formula is C25H50NO4+. The van der Waals surface area contributed by atoms with Crippen LogP contribution in [0.25, 0.3) is 0 Å². The van der Waals surface area contributed by atoms with Gasteiger partial charge in [-0.05, 0) is 27.2 Å². The van der Waals surface area contributed by atoms with E-state index in [-0.39, 0.29) is 5.97 Å². The summed E-state index contributed by atoms with van der Waals surface area (Å²) in [6.07, 6.45) is 12.6. The lowest BCUT2D eigenvalue weighted by atomic mass is 10.1. The molecule has 0 aliphatic rings. The third-order valence-electron chi connectivity index (χ3n) is 6.04. The van der Waals surface area contributed by atoms with Gasteiger partial charge in [-0.25, -0.2) is 4.79 Å². The molecule has 5 heteroatoms. The summed E-state index contributed by atoms with van der Waals surface area (Å²) in [7, 11) is 0. The first kappa shape index (κ1) is 29.1. The molecule has 0 aliphatic carbocycles. The number of carbonyl (C=O) groups excluding carboxylic acids is 1. The molecule has 0 spiro atoms. The van der Waals surface area contributed by atoms with Gasteiger partial charge in [0.15, 0.2) is 0 Å². The summed E-state index contributed by atoms with van der Waals surface area (Å²) in [5.74, 6) is -0.347. The predicted octanol–water partition coefficient (Wildman–Crippen LogP) is 5.26. The smallest absolute Gasteiger partial charge is 0.333 e. The van der Waals surface area contributed by atoms with E-state index in [0.29, 0.717) is 36.4 Å². The van der Waals surface area contributed by atoms with Crippen LogP contribution in [0.5, 0.6) is 0 Å². The minimum absolute atomic E-state index is 0.347. The molecule has 0 aromatic carbocycles. The van der Waals surface area contributed by atoms with Crippen molar-refractivity contribution in [2.24, 2.45) is 0 Å². The van der Waals surface area contributed by atoms with Crippen molar-refractivity contribution in [1.29, 1.82) is 0 Å². The molecule has 0 amide bonds. The van der Waals surface area contributed by atoms with Gasteiger partial charge in [-0.1, -0.05) is 71.3 Å². The van der Waals surface area contributed by atoms with Crippen LogP contribution < -0.4 is 0 Å². The molecule has 0 aromatic rings. The van der Waals surface area contributed by atoms with Crippen molar-refractivity contribution in [2.75, 3.05) is 46.0 Å². The maximum Gasteiger partial charge on any atom is 0.333 e. The van der Waals surface area contributed by atoms with E-state index < -0.39 is 6.10 Å². The zero-order valence-corrected chi connectivity index (χ0v) is 20.4. The molecule has 0 bridgehead atoms. The average Bonchev–Trinajstić information content (AvgIpc) is 2.73. The minimum atomic E-state index is -0.495. The maximum atomic E-state index is 11.6. The zero-order chi connectivity index (χ0) is 22.7. The first-order valence-electron chi connectivity index (χ1n) is 12.3. The van der Waals surface area contributed by atoms with Crippen LogP contribution in [0.4, 0.5) is 0 Å². The molecule has 5 nitrogen and oxygen atoms in total. The van der Waals surface area contributed by atoms with Crippen molar-refractivity contribution in [1.82, 2.24) is 0 Å². The molecule has 1 atom stereocenters. The van der Waals surface area contributed by atoms with Crippen molar-refractivity contribution < 1.29 is 23.9 Å². The Hall–Kier alpha value is -0.910. The number of rotatable bonds is 21. The molecule has 1 unspecified atom stereocenters. The average molecular weight is 429 g/mol. The number of esters is 1. The van der Waals surface area contributed by atoms with Crippen molar-refractivity contribution in [3.63, 3.8) is 0 Å². The Morgan fingerprint density at radius 2 is 1.43 bits per heavy atom. The fourth-order valence-corrected chi connectivity index (χ4v) is 3.76. The van der Waals surface area contributed by atoms with Gasteiger partial charge in [0, 0.05) is 12.2 Å². The number of unbranched alkanes of at least 4 members (excludes halogenated alkanes) is 9. The van der Waals surface area contributed by atoms with E-state index in [2.05, 4.69) is 27.4 Å². The van der Waals surface area contributed by atoms with Crippen LogP contribution in [0.3, 0.4) is 0 Å². The summed E-state index contributed by atoms with van der Waals surface area (Å²) in [6, 6.07) is 0. The topological polar surface area (TPSA) is 55.8 Å². The fourth-order valence-electron chi connectivity index (χ4n) is 3.76. The van der Waals surface area contributed by atoms with Crippen LogP contribution in [0.15, 0.2) is 12.2 Å². The first-order chi connectivity index (χ1) is 14.4. The van der Waals surface area contributed by atoms with E-state index in [4.69, 9.17) is 9.47 Å². The molecule has 30 heavy (non-hydrogen) atoms. The quantitative estimate of drug-likeness (QED) is 0.117. The molecule has 0 aliphatic heterocycles. The number of likely N-dealkylation sites (N-methyl/N-ethyl adjacent to an activating group) is 1. The molecule has 0 saturated heterocycles. The number of hydrogen-bond donors (Lipinski definition) is 1. The summed E-state index contributed by atoms with van der Waals surface area (Å²) in [5.41, 5.74) is 0.418. The molecular weight excluding hydrogens is 378 g/mol. The molecule has 178 valence electrons. The number of aliphatic hydroxyl groups excluding tert-OH is 1. The Kier molecular flexibility index (Phi) is 18.3. The van der Waals surface area contributed by atoms with Crippen LogP contribution in [0.2, 0.25) is 0 Å². The van der Waals surface area contributed by atoms with E-state index >= 15 is 0 Å². The highest BCUT2D eigenvalue weighted by Gasteiger charge is 2.27. The number of nitrogens with zero attached hydrogens (tertiary/aromatic N) is 1. The van der Waals surface area contributed by atoms with Gasteiger partial charge in [-0.15, -0.1) is 0 Å². The number of ether oxygens (including phenoxy) is 2. The highest BCUT2D eigenvalue weighted by atomic mass is 16.5. The third kappa shape index (κ3) is 15.0. The van der Waals surface area contributed by atoms with Crippen LogP contribution in [-0.2, 0) is 14.3 Å². The van der Waals surface area contributed by atoms with Crippen LogP contribution in [-0.4, -0.2) is 67.7 Å². The molecule has 0 saturated carbocycles. The summed E-state index contributed by atoms with van der Waals surface area (Å²) in [5, 5.41) is 10.4. The predicted molar refractivity (Wildman–Crippen MR) is 126 cm³/mol. The van der Waals surface area contributed by atoms with Crippen molar-refractivity contribution >= 4 is 5.97 Å². The van der Waals surface area contributed by atoms with Gasteiger partial charge in [0.2, 0.25) is 0 Å². The maximum absolute atomic E-state index is 11.6. The summed E-state index contributed by atoms with van der Waals surface area (Å²) >= 11 is 0. The Balaban J connectivity index is 3.85. The normalized spacial score (nSPS) is 12.7. The van der Waals surface area contributed by atoms with Crippen molar-refractivity contribution in [2.45, 2.75) is 98.0 Å². The molecule has 1 N–H and O–H groups in total. The molecule has 0 rings (SSSR count). The molecule has 0 heterocycles. The highest BCUT2D eigenvalue weighted by Crippen LogP contribution is 2.11. The fraction of sp³-hybridized carbons (Fsp3) is 0.880. The molecule has 0 aromatic heterocycles. The first-order valence-corrected chi connectivity index (χ1v) is 12.3. The molecule has 0 fully saturated rings. The number of quaternary nitrogens is 1. The second-order valence-electron chi connectivity index (χ2n) is 8.71. The van der Waals surface area contributed by atoms with Crippen molar-refractivity contribution in [3.8, 4) is 0 Å². The zero-order valence-electron chi connectivity index (χ0n) is 20.4. The summed E-state index contributed by atoms with van der Waals surface area (Å²) in [4.78, 5) is 11.6. The summed E-state index contributed by atoms with van der Waals surface area (Å²) < 4.78 is 11.7. The van der Waals surface area contributed by atoms with Gasteiger partial charge in [-0.2, -0.15) is 0 Å². The van der Waals surface area contributed by atoms with Crippen LogP contribution in [0.1, 0.15) is 91.9 Å². The Bertz CT molecular complexity index is 435. The van der Waals surface area contributed by atoms with Gasteiger partial charge in [0.25, 0.3) is 0 Å². The van der Waals surface area contributed by atoms with E-state index in [0.717, 1.165) is 26.1 Å². The van der Waals surface area contributed by atoms with Crippen LogP contribution in [0, 0.1) is 0 Å². The van der Waals surface area contributed by atoms with Gasteiger partial charge < -0.3 is 19.1 Å². The number of carbonyl (C=O) groups is 1. The minimum Gasteiger partial charge on any atom is -0.456 e. The SMILES string of the molecule is C=C(C)C(=O)OCC[N+](CC)(CC)CC(O)COCCCCCCCCCCCC. The second kappa shape index (κ2) is 18.8. The van der Waals surface area contributed by atoms with Crippen LogP contribution >= 0.6 is 0 Å². The van der Waals surface area contributed by atoms with Gasteiger partial charge >= 0.3 is 5.97 Å². The highest BCUT2D eigenvalue weighted by molar-refractivity contribution is 5.86. The Labute approximate surface area is 186 Å². The lowest BCUT2D eigenvalue weighted by molar-refractivity contribution is -0.927. The summed E-state index contributed by atoms with van der Waals surface area (Å²) in [6.45, 7) is 16.3. The van der Waals surface area contributed by atoms with Gasteiger partial charge in [0.1, 0.15) is 25.8 Å². The number of hydrogen-bond acceptors (Lipinski definition) is 4. The van der Waals surface area contributed by atoms with E-state index in [9.17, 15) is 9.90 Å². The number of aliphatic hydroxyl groups is 1. The molecule has 0 radical (unpaired) electrons. The monoisotopic (exact) mass is 428 g/mol. The lowest BCUT2D eigenvalue weighted by Crippen LogP contribution is -2.54. The van der Waals surface area contributed by atoms with Gasteiger partial charge in [0.05, 0.1) is 19.7 Å². The van der Waals surface area contributed by atoms with Gasteiger partial charge in [-0.3, -0.25) is 0 Å². The Morgan fingerprint density at radius 3 is 1.93 bits per heavy atom. The second-order valence-corrected chi connectivity index (χ2v) is 8.71. The third-order valence-corrected chi connectivity index (χ3v) is 6.04. The lowest BCUT2D eigenvalue weighted by Gasteiger charge is -2.38. The van der Waals surface area contributed by atoms with E-state index in [1.807, 2.05) is 0 Å². The Morgan fingerprint density at radius 1 is 0.900 bits per heavy atom. The van der Waals surface area contributed by atoms with Crippen molar-refractivity contribution in [3.05, 3.63) is 12.2 Å². The van der Waals surface area contributed by atoms with E-state index in [1.54, 1.807) is 6.92 Å². The largest absolute Gasteiger partial charge is 0.456 e. The van der Waals surface area contributed by atoms with E-state index in [1.165, 1.54) is 57.8 Å².